The van der Waals surface area contributed by atoms with E-state index in [-0.39, 0.29) is 0 Å². The largest absolute Gasteiger partial charge is 0.368 e. The molecular formula is C11H16ClN3. The van der Waals surface area contributed by atoms with Crippen molar-refractivity contribution in [2.75, 3.05) is 11.9 Å². The fraction of sp³-hybridized carbons (Fsp3) is 0.636. The lowest BCUT2D eigenvalue weighted by molar-refractivity contribution is 0.585. The Morgan fingerprint density at radius 3 is 2.87 bits per heavy atom. The number of aromatic nitrogens is 2. The minimum absolute atomic E-state index is 0.328. The molecule has 1 aromatic heterocycles. The zero-order valence-electron chi connectivity index (χ0n) is 8.91. The van der Waals surface area contributed by atoms with Crippen LogP contribution in [0.4, 0.5) is 5.82 Å². The average molecular weight is 226 g/mol. The van der Waals surface area contributed by atoms with Gasteiger partial charge in [0.05, 0.1) is 5.69 Å². The molecule has 15 heavy (non-hydrogen) atoms. The van der Waals surface area contributed by atoms with Crippen LogP contribution in [-0.2, 0) is 0 Å². The van der Waals surface area contributed by atoms with E-state index in [9.17, 15) is 0 Å². The predicted molar refractivity (Wildman–Crippen MR) is 62.2 cm³/mol. The van der Waals surface area contributed by atoms with Crippen molar-refractivity contribution in [3.8, 4) is 0 Å². The molecule has 1 saturated carbocycles. The van der Waals surface area contributed by atoms with Crippen LogP contribution in [0.1, 0.15) is 25.0 Å². The zero-order valence-corrected chi connectivity index (χ0v) is 9.67. The second kappa shape index (κ2) is 4.79. The number of anilines is 1. The fourth-order valence-electron chi connectivity index (χ4n) is 2.03. The lowest BCUT2D eigenvalue weighted by Gasteiger charge is -2.15. The van der Waals surface area contributed by atoms with E-state index >= 15 is 0 Å². The maximum Gasteiger partial charge on any atom is 0.147 e. The van der Waals surface area contributed by atoms with Crippen molar-refractivity contribution in [3.63, 3.8) is 0 Å². The lowest BCUT2D eigenvalue weighted by Crippen LogP contribution is -2.19. The average Bonchev–Trinajstić information content (AvgIpc) is 2.63. The Labute approximate surface area is 95.3 Å². The summed E-state index contributed by atoms with van der Waals surface area (Å²) in [6.07, 6.45) is 7.04. The van der Waals surface area contributed by atoms with E-state index in [0.29, 0.717) is 11.3 Å². The number of rotatable bonds is 3. The van der Waals surface area contributed by atoms with E-state index in [4.69, 9.17) is 11.6 Å². The first-order valence-corrected chi connectivity index (χ1v) is 5.86. The number of halogens is 1. The highest BCUT2D eigenvalue weighted by molar-refractivity contribution is 6.20. The summed E-state index contributed by atoms with van der Waals surface area (Å²) in [4.78, 5) is 8.43. The molecule has 1 aliphatic carbocycles. The molecule has 1 heterocycles. The molecule has 0 amide bonds. The number of hydrogen-bond donors (Lipinski definition) is 1. The third kappa shape index (κ3) is 2.59. The van der Waals surface area contributed by atoms with Gasteiger partial charge in [0.1, 0.15) is 5.82 Å². The van der Waals surface area contributed by atoms with Crippen LogP contribution < -0.4 is 5.32 Å². The molecule has 1 aliphatic rings. The van der Waals surface area contributed by atoms with Crippen molar-refractivity contribution < 1.29 is 0 Å². The number of hydrogen-bond acceptors (Lipinski definition) is 3. The molecule has 2 unspecified atom stereocenters. The van der Waals surface area contributed by atoms with Gasteiger partial charge in [0.25, 0.3) is 0 Å². The van der Waals surface area contributed by atoms with Crippen molar-refractivity contribution in [1.29, 1.82) is 0 Å². The molecule has 3 nitrogen and oxygen atoms in total. The highest BCUT2D eigenvalue weighted by atomic mass is 35.5. The van der Waals surface area contributed by atoms with Gasteiger partial charge in [-0.05, 0) is 25.7 Å². The van der Waals surface area contributed by atoms with Crippen LogP contribution in [0.5, 0.6) is 0 Å². The topological polar surface area (TPSA) is 37.8 Å². The van der Waals surface area contributed by atoms with Crippen LogP contribution in [-0.4, -0.2) is 21.9 Å². The summed E-state index contributed by atoms with van der Waals surface area (Å²) >= 11 is 6.21. The SMILES string of the molecule is Cc1nccnc1NCC1CCCC1Cl. The Hall–Kier alpha value is -0.830. The van der Waals surface area contributed by atoms with Crippen molar-refractivity contribution in [3.05, 3.63) is 18.1 Å². The van der Waals surface area contributed by atoms with Gasteiger partial charge in [-0.15, -0.1) is 11.6 Å². The Morgan fingerprint density at radius 2 is 2.20 bits per heavy atom. The molecule has 4 heteroatoms. The summed E-state index contributed by atoms with van der Waals surface area (Å²) in [6.45, 7) is 2.87. The van der Waals surface area contributed by atoms with E-state index < -0.39 is 0 Å². The highest BCUT2D eigenvalue weighted by Gasteiger charge is 2.24. The number of aryl methyl sites for hydroxylation is 1. The molecule has 0 saturated heterocycles. The van der Waals surface area contributed by atoms with Crippen LogP contribution in [0.2, 0.25) is 0 Å². The van der Waals surface area contributed by atoms with Crippen LogP contribution >= 0.6 is 11.6 Å². The molecule has 2 atom stereocenters. The predicted octanol–water partition coefficient (Wildman–Crippen LogP) is 2.60. The van der Waals surface area contributed by atoms with Gasteiger partial charge in [-0.3, -0.25) is 4.98 Å². The molecule has 0 aliphatic heterocycles. The molecule has 0 spiro atoms. The van der Waals surface area contributed by atoms with Crippen molar-refractivity contribution in [1.82, 2.24) is 9.97 Å². The second-order valence-corrected chi connectivity index (χ2v) is 4.64. The standard InChI is InChI=1S/C11H16ClN3/c1-8-11(14-6-5-13-8)15-7-9-3-2-4-10(9)12/h5-6,9-10H,2-4,7H2,1H3,(H,14,15). The summed E-state index contributed by atoms with van der Waals surface area (Å²) in [7, 11) is 0. The van der Waals surface area contributed by atoms with Gasteiger partial charge in [0.2, 0.25) is 0 Å². The first-order valence-electron chi connectivity index (χ1n) is 5.43. The molecule has 0 bridgehead atoms. The molecule has 0 aromatic carbocycles. The lowest BCUT2D eigenvalue weighted by atomic mass is 10.1. The quantitative estimate of drug-likeness (QED) is 0.804. The van der Waals surface area contributed by atoms with Gasteiger partial charge in [0.15, 0.2) is 0 Å². The highest BCUT2D eigenvalue weighted by Crippen LogP contribution is 2.30. The van der Waals surface area contributed by atoms with E-state index in [2.05, 4.69) is 15.3 Å². The van der Waals surface area contributed by atoms with E-state index in [1.54, 1.807) is 12.4 Å². The van der Waals surface area contributed by atoms with Crippen LogP contribution in [0.25, 0.3) is 0 Å². The minimum atomic E-state index is 0.328. The molecule has 1 fully saturated rings. The van der Waals surface area contributed by atoms with Crippen LogP contribution in [0.15, 0.2) is 12.4 Å². The summed E-state index contributed by atoms with van der Waals surface area (Å²) < 4.78 is 0. The zero-order chi connectivity index (χ0) is 10.7. The molecule has 0 radical (unpaired) electrons. The van der Waals surface area contributed by atoms with E-state index in [0.717, 1.165) is 24.5 Å². The Balaban J connectivity index is 1.90. The summed E-state index contributed by atoms with van der Waals surface area (Å²) in [5.41, 5.74) is 0.946. The van der Waals surface area contributed by atoms with Gasteiger partial charge in [-0.1, -0.05) is 6.42 Å². The van der Waals surface area contributed by atoms with E-state index in [1.807, 2.05) is 6.92 Å². The van der Waals surface area contributed by atoms with Gasteiger partial charge >= 0.3 is 0 Å². The van der Waals surface area contributed by atoms with E-state index in [1.165, 1.54) is 12.8 Å². The third-order valence-corrected chi connectivity index (χ3v) is 3.55. The Kier molecular flexibility index (Phi) is 3.41. The Bertz CT molecular complexity index is 329. The number of nitrogens with one attached hydrogen (secondary N) is 1. The monoisotopic (exact) mass is 225 g/mol. The fourth-order valence-corrected chi connectivity index (χ4v) is 2.40. The third-order valence-electron chi connectivity index (χ3n) is 2.98. The molecular weight excluding hydrogens is 210 g/mol. The summed E-state index contributed by atoms with van der Waals surface area (Å²) in [5, 5.41) is 3.66. The van der Waals surface area contributed by atoms with Gasteiger partial charge in [0, 0.05) is 24.3 Å². The van der Waals surface area contributed by atoms with Crippen molar-refractivity contribution in [2.45, 2.75) is 31.6 Å². The first-order chi connectivity index (χ1) is 7.27. The normalized spacial score (nSPS) is 25.5. The van der Waals surface area contributed by atoms with Gasteiger partial charge in [-0.2, -0.15) is 0 Å². The van der Waals surface area contributed by atoms with Crippen LogP contribution in [0, 0.1) is 12.8 Å². The maximum absolute atomic E-state index is 6.21. The van der Waals surface area contributed by atoms with Gasteiger partial charge in [-0.25, -0.2) is 4.98 Å². The number of alkyl halides is 1. The summed E-state index contributed by atoms with van der Waals surface area (Å²) in [6, 6.07) is 0. The number of nitrogens with zero attached hydrogens (tertiary/aromatic N) is 2. The molecule has 82 valence electrons. The second-order valence-electron chi connectivity index (χ2n) is 4.08. The molecule has 1 N–H and O–H groups in total. The minimum Gasteiger partial charge on any atom is -0.368 e. The maximum atomic E-state index is 6.21. The molecule has 2 rings (SSSR count). The molecule has 1 aromatic rings. The smallest absolute Gasteiger partial charge is 0.147 e. The van der Waals surface area contributed by atoms with Crippen LogP contribution in [0.3, 0.4) is 0 Å². The van der Waals surface area contributed by atoms with Crippen molar-refractivity contribution >= 4 is 17.4 Å². The van der Waals surface area contributed by atoms with Gasteiger partial charge < -0.3 is 5.32 Å². The summed E-state index contributed by atoms with van der Waals surface area (Å²) in [5.74, 6) is 1.46. The Morgan fingerprint density at radius 1 is 1.40 bits per heavy atom. The first kappa shape index (κ1) is 10.7. The van der Waals surface area contributed by atoms with Crippen molar-refractivity contribution in [2.24, 2.45) is 5.92 Å².